The Balaban J connectivity index is 1.33. The monoisotopic (exact) mass is 455 g/mol. The Labute approximate surface area is 202 Å². The minimum Gasteiger partial charge on any atom is -0.339 e. The summed E-state index contributed by atoms with van der Waals surface area (Å²) in [5.41, 5.74) is 3.42. The summed E-state index contributed by atoms with van der Waals surface area (Å²) < 4.78 is 0. The average molecular weight is 456 g/mol. The third-order valence-corrected chi connectivity index (χ3v) is 6.43. The second-order valence-corrected chi connectivity index (χ2v) is 8.88. The molecule has 0 bridgehead atoms. The fourth-order valence-corrected chi connectivity index (χ4v) is 4.60. The van der Waals surface area contributed by atoms with Crippen molar-refractivity contribution in [2.45, 2.75) is 38.8 Å². The summed E-state index contributed by atoms with van der Waals surface area (Å²) >= 11 is 0. The molecule has 1 saturated heterocycles. The SMILES string of the molecule is CCCN(Cc1ccc(C(=O)Nc2ccccc2)cc1)C1CCN(C(=O)c2ccccc2)CC1. The van der Waals surface area contributed by atoms with Crippen molar-refractivity contribution in [2.24, 2.45) is 0 Å². The molecule has 34 heavy (non-hydrogen) atoms. The van der Waals surface area contributed by atoms with E-state index in [4.69, 9.17) is 0 Å². The maximum Gasteiger partial charge on any atom is 0.255 e. The van der Waals surface area contributed by atoms with E-state index < -0.39 is 0 Å². The first-order valence-corrected chi connectivity index (χ1v) is 12.2. The van der Waals surface area contributed by atoms with Gasteiger partial charge in [-0.25, -0.2) is 0 Å². The van der Waals surface area contributed by atoms with Crippen LogP contribution in [0.3, 0.4) is 0 Å². The molecule has 0 aromatic heterocycles. The quantitative estimate of drug-likeness (QED) is 0.491. The van der Waals surface area contributed by atoms with Crippen LogP contribution in [0.5, 0.6) is 0 Å². The van der Waals surface area contributed by atoms with E-state index in [0.29, 0.717) is 11.6 Å². The van der Waals surface area contributed by atoms with Crippen molar-refractivity contribution in [2.75, 3.05) is 25.0 Å². The fraction of sp³-hybridized carbons (Fsp3) is 0.310. The van der Waals surface area contributed by atoms with Crippen LogP contribution < -0.4 is 5.32 Å². The molecule has 0 saturated carbocycles. The smallest absolute Gasteiger partial charge is 0.255 e. The van der Waals surface area contributed by atoms with Gasteiger partial charge in [0, 0.05) is 42.5 Å². The van der Waals surface area contributed by atoms with Crippen molar-refractivity contribution < 1.29 is 9.59 Å². The standard InChI is InChI=1S/C29H33N3O2/c1-2-19-32(27-17-20-31(21-18-27)29(34)25-9-5-3-6-10-25)22-23-13-15-24(16-14-23)28(33)30-26-11-7-4-8-12-26/h3-16,27H,2,17-22H2,1H3,(H,30,33). The predicted molar refractivity (Wildman–Crippen MR) is 137 cm³/mol. The number of likely N-dealkylation sites (tertiary alicyclic amines) is 1. The van der Waals surface area contributed by atoms with Crippen LogP contribution >= 0.6 is 0 Å². The molecule has 1 heterocycles. The van der Waals surface area contributed by atoms with E-state index in [1.807, 2.05) is 77.7 Å². The Morgan fingerprint density at radius 2 is 1.47 bits per heavy atom. The van der Waals surface area contributed by atoms with E-state index in [0.717, 1.165) is 56.7 Å². The lowest BCUT2D eigenvalue weighted by Crippen LogP contribution is -2.46. The number of para-hydroxylation sites is 1. The molecule has 1 N–H and O–H groups in total. The van der Waals surface area contributed by atoms with Crippen molar-refractivity contribution >= 4 is 17.5 Å². The first-order valence-electron chi connectivity index (χ1n) is 12.2. The van der Waals surface area contributed by atoms with Crippen LogP contribution in [0.25, 0.3) is 0 Å². The molecule has 5 nitrogen and oxygen atoms in total. The van der Waals surface area contributed by atoms with E-state index in [1.165, 1.54) is 5.56 Å². The van der Waals surface area contributed by atoms with Crippen molar-refractivity contribution in [3.8, 4) is 0 Å². The zero-order valence-electron chi connectivity index (χ0n) is 19.8. The van der Waals surface area contributed by atoms with E-state index >= 15 is 0 Å². The van der Waals surface area contributed by atoms with E-state index in [1.54, 1.807) is 0 Å². The second kappa shape index (κ2) is 11.6. The van der Waals surface area contributed by atoms with Gasteiger partial charge in [-0.05, 0) is 67.8 Å². The first-order chi connectivity index (χ1) is 16.6. The summed E-state index contributed by atoms with van der Waals surface area (Å²) in [6.07, 6.45) is 3.05. The Hall–Kier alpha value is -3.44. The van der Waals surface area contributed by atoms with Crippen molar-refractivity contribution in [3.63, 3.8) is 0 Å². The number of carbonyl (C=O) groups is 2. The summed E-state index contributed by atoms with van der Waals surface area (Å²) in [5.74, 6) is 0.0316. The fourth-order valence-electron chi connectivity index (χ4n) is 4.60. The predicted octanol–water partition coefficient (Wildman–Crippen LogP) is 5.46. The normalized spacial score (nSPS) is 14.2. The molecule has 0 radical (unpaired) electrons. The average Bonchev–Trinajstić information content (AvgIpc) is 2.89. The number of hydrogen-bond acceptors (Lipinski definition) is 3. The number of rotatable bonds is 8. The minimum atomic E-state index is -0.0985. The van der Waals surface area contributed by atoms with Crippen LogP contribution in [0.2, 0.25) is 0 Å². The molecule has 2 amide bonds. The number of benzene rings is 3. The lowest BCUT2D eigenvalue weighted by molar-refractivity contribution is 0.0607. The number of carbonyl (C=O) groups excluding carboxylic acids is 2. The highest BCUT2D eigenvalue weighted by atomic mass is 16.2. The molecule has 0 aliphatic carbocycles. The van der Waals surface area contributed by atoms with Gasteiger partial charge < -0.3 is 10.2 Å². The molecule has 0 unspecified atom stereocenters. The number of nitrogens with zero attached hydrogens (tertiary/aromatic N) is 2. The Kier molecular flexibility index (Phi) is 8.10. The molecule has 0 atom stereocenters. The van der Waals surface area contributed by atoms with Crippen LogP contribution in [-0.4, -0.2) is 47.3 Å². The third-order valence-electron chi connectivity index (χ3n) is 6.43. The van der Waals surface area contributed by atoms with Gasteiger partial charge in [-0.15, -0.1) is 0 Å². The summed E-state index contributed by atoms with van der Waals surface area (Å²) in [5, 5.41) is 2.93. The third kappa shape index (κ3) is 6.12. The molecule has 0 spiro atoms. The molecule has 5 heteroatoms. The highest BCUT2D eigenvalue weighted by Crippen LogP contribution is 2.21. The maximum atomic E-state index is 12.8. The molecule has 1 aliphatic heterocycles. The van der Waals surface area contributed by atoms with Gasteiger partial charge in [-0.1, -0.05) is 55.5 Å². The van der Waals surface area contributed by atoms with Crippen molar-refractivity contribution in [3.05, 3.63) is 102 Å². The van der Waals surface area contributed by atoms with Crippen LogP contribution in [-0.2, 0) is 6.54 Å². The topological polar surface area (TPSA) is 52.7 Å². The highest BCUT2D eigenvalue weighted by Gasteiger charge is 2.27. The van der Waals surface area contributed by atoms with Gasteiger partial charge in [0.15, 0.2) is 0 Å². The number of hydrogen-bond donors (Lipinski definition) is 1. The number of piperidine rings is 1. The molecule has 3 aromatic rings. The Morgan fingerprint density at radius 1 is 0.853 bits per heavy atom. The summed E-state index contributed by atoms with van der Waals surface area (Å²) in [4.78, 5) is 29.8. The molecule has 4 rings (SSSR count). The number of amides is 2. The van der Waals surface area contributed by atoms with Crippen molar-refractivity contribution in [1.29, 1.82) is 0 Å². The zero-order chi connectivity index (χ0) is 23.8. The van der Waals surface area contributed by atoms with Gasteiger partial charge >= 0.3 is 0 Å². The summed E-state index contributed by atoms with van der Waals surface area (Å²) in [6.45, 7) is 5.66. The Morgan fingerprint density at radius 3 is 2.09 bits per heavy atom. The van der Waals surface area contributed by atoms with Crippen LogP contribution in [0, 0.1) is 0 Å². The molecule has 3 aromatic carbocycles. The number of anilines is 1. The van der Waals surface area contributed by atoms with Gasteiger partial charge in [0.1, 0.15) is 0 Å². The zero-order valence-corrected chi connectivity index (χ0v) is 19.8. The van der Waals surface area contributed by atoms with Gasteiger partial charge in [0.25, 0.3) is 11.8 Å². The van der Waals surface area contributed by atoms with E-state index in [-0.39, 0.29) is 11.8 Å². The van der Waals surface area contributed by atoms with Gasteiger partial charge in [-0.3, -0.25) is 14.5 Å². The van der Waals surface area contributed by atoms with Gasteiger partial charge in [-0.2, -0.15) is 0 Å². The molecule has 176 valence electrons. The maximum absolute atomic E-state index is 12.8. The molecule has 1 aliphatic rings. The lowest BCUT2D eigenvalue weighted by Gasteiger charge is -2.38. The molecular formula is C29H33N3O2. The highest BCUT2D eigenvalue weighted by molar-refractivity contribution is 6.04. The van der Waals surface area contributed by atoms with Gasteiger partial charge in [0.2, 0.25) is 0 Å². The first kappa shape index (κ1) is 23.7. The second-order valence-electron chi connectivity index (χ2n) is 8.88. The number of nitrogens with one attached hydrogen (secondary N) is 1. The van der Waals surface area contributed by atoms with Crippen LogP contribution in [0.15, 0.2) is 84.9 Å². The lowest BCUT2D eigenvalue weighted by atomic mass is 10.0. The largest absolute Gasteiger partial charge is 0.339 e. The molecular weight excluding hydrogens is 422 g/mol. The van der Waals surface area contributed by atoms with Crippen LogP contribution in [0.1, 0.15) is 52.5 Å². The minimum absolute atomic E-state index is 0.0985. The van der Waals surface area contributed by atoms with Gasteiger partial charge in [0.05, 0.1) is 0 Å². The Bertz CT molecular complexity index is 1060. The molecule has 1 fully saturated rings. The summed E-state index contributed by atoms with van der Waals surface area (Å²) in [7, 11) is 0. The van der Waals surface area contributed by atoms with Crippen LogP contribution in [0.4, 0.5) is 5.69 Å². The van der Waals surface area contributed by atoms with E-state index in [9.17, 15) is 9.59 Å². The van der Waals surface area contributed by atoms with E-state index in [2.05, 4.69) is 29.3 Å². The summed E-state index contributed by atoms with van der Waals surface area (Å²) in [6, 6.07) is 27.4. The van der Waals surface area contributed by atoms with Crippen molar-refractivity contribution in [1.82, 2.24) is 9.80 Å².